The molecule has 0 radical (unpaired) electrons. The molecule has 116 valence electrons. The molecule has 0 atom stereocenters. The van der Waals surface area contributed by atoms with Gasteiger partial charge in [-0.3, -0.25) is 9.78 Å². The van der Waals surface area contributed by atoms with E-state index in [1.54, 1.807) is 29.7 Å². The molecule has 0 aliphatic carbocycles. The molecule has 3 aromatic rings. The van der Waals surface area contributed by atoms with E-state index in [2.05, 4.69) is 15.3 Å². The minimum Gasteiger partial charge on any atom is -0.392 e. The van der Waals surface area contributed by atoms with Gasteiger partial charge in [-0.2, -0.15) is 0 Å². The first-order chi connectivity index (χ1) is 11.2. The monoisotopic (exact) mass is 325 g/mol. The van der Waals surface area contributed by atoms with Crippen LogP contribution in [-0.2, 0) is 6.61 Å². The van der Waals surface area contributed by atoms with Gasteiger partial charge in [-0.25, -0.2) is 4.98 Å². The summed E-state index contributed by atoms with van der Waals surface area (Å²) in [5.74, 6) is -0.247. The van der Waals surface area contributed by atoms with Gasteiger partial charge in [0.15, 0.2) is 0 Å². The molecule has 6 heteroatoms. The van der Waals surface area contributed by atoms with Crippen LogP contribution >= 0.6 is 11.3 Å². The van der Waals surface area contributed by atoms with Gasteiger partial charge in [-0.1, -0.05) is 12.1 Å². The zero-order valence-electron chi connectivity index (χ0n) is 12.5. The summed E-state index contributed by atoms with van der Waals surface area (Å²) in [6.07, 6.45) is 3.10. The lowest BCUT2D eigenvalue weighted by atomic mass is 10.1. The molecule has 2 N–H and O–H groups in total. The highest BCUT2D eigenvalue weighted by molar-refractivity contribution is 7.13. The van der Waals surface area contributed by atoms with E-state index < -0.39 is 0 Å². The van der Waals surface area contributed by atoms with Gasteiger partial charge < -0.3 is 10.4 Å². The van der Waals surface area contributed by atoms with E-state index in [1.165, 1.54) is 6.20 Å². The number of benzene rings is 1. The molecular formula is C17H15N3O2S. The fraction of sp³-hybridized carbons (Fsp3) is 0.118. The minimum absolute atomic E-state index is 0.156. The quantitative estimate of drug-likeness (QED) is 0.772. The number of aryl methyl sites for hydroxylation is 1. The van der Waals surface area contributed by atoms with Crippen molar-refractivity contribution in [1.29, 1.82) is 0 Å². The Morgan fingerprint density at radius 1 is 1.35 bits per heavy atom. The van der Waals surface area contributed by atoms with E-state index in [-0.39, 0.29) is 12.5 Å². The van der Waals surface area contributed by atoms with Crippen molar-refractivity contribution in [3.05, 3.63) is 64.9 Å². The number of aliphatic hydroxyl groups is 1. The molecule has 0 aliphatic heterocycles. The zero-order valence-corrected chi connectivity index (χ0v) is 13.3. The lowest BCUT2D eigenvalue weighted by Gasteiger charge is -2.09. The van der Waals surface area contributed by atoms with Crippen LogP contribution in [0.15, 0.2) is 48.1 Å². The van der Waals surface area contributed by atoms with Gasteiger partial charge in [0.2, 0.25) is 0 Å². The predicted octanol–water partition coefficient (Wildman–Crippen LogP) is 3.26. The van der Waals surface area contributed by atoms with Crippen molar-refractivity contribution in [2.24, 2.45) is 0 Å². The van der Waals surface area contributed by atoms with E-state index in [9.17, 15) is 9.90 Å². The van der Waals surface area contributed by atoms with Gasteiger partial charge in [0.05, 0.1) is 18.5 Å². The Balaban J connectivity index is 1.85. The number of aromatic nitrogens is 2. The molecule has 1 aromatic carbocycles. The summed E-state index contributed by atoms with van der Waals surface area (Å²) < 4.78 is 0. The molecule has 0 spiro atoms. The van der Waals surface area contributed by atoms with Crippen LogP contribution < -0.4 is 5.32 Å². The highest BCUT2D eigenvalue weighted by Gasteiger charge is 2.11. The molecule has 5 nitrogen and oxygen atoms in total. The van der Waals surface area contributed by atoms with Crippen LogP contribution in [0.2, 0.25) is 0 Å². The summed E-state index contributed by atoms with van der Waals surface area (Å²) in [5.41, 5.74) is 3.53. The number of hydrogen-bond donors (Lipinski definition) is 2. The van der Waals surface area contributed by atoms with Gasteiger partial charge in [0, 0.05) is 34.0 Å². The lowest BCUT2D eigenvalue weighted by Crippen LogP contribution is -2.13. The number of carbonyl (C=O) groups is 1. The third kappa shape index (κ3) is 3.44. The molecule has 2 heterocycles. The number of amides is 1. The maximum atomic E-state index is 12.4. The van der Waals surface area contributed by atoms with Crippen LogP contribution in [-0.4, -0.2) is 21.0 Å². The number of rotatable bonds is 4. The SMILES string of the molecule is Cc1csc(-c2cccc(C(=O)Nc3cnccc3CO)c2)n1. The molecule has 23 heavy (non-hydrogen) atoms. The van der Waals surface area contributed by atoms with Crippen molar-refractivity contribution >= 4 is 22.9 Å². The zero-order chi connectivity index (χ0) is 16.2. The maximum Gasteiger partial charge on any atom is 0.255 e. The number of aliphatic hydroxyl groups excluding tert-OH is 1. The molecule has 1 amide bonds. The van der Waals surface area contributed by atoms with E-state index in [4.69, 9.17) is 0 Å². The van der Waals surface area contributed by atoms with Crippen molar-refractivity contribution in [2.75, 3.05) is 5.32 Å². The molecule has 0 unspecified atom stereocenters. The normalized spacial score (nSPS) is 10.5. The first-order valence-corrected chi connectivity index (χ1v) is 7.93. The standard InChI is InChI=1S/C17H15N3O2S/c1-11-10-23-17(19-11)13-4-2-3-12(7-13)16(22)20-15-8-18-6-5-14(15)9-21/h2-8,10,21H,9H2,1H3,(H,20,22). The number of hydrogen-bond acceptors (Lipinski definition) is 5. The first kappa shape index (κ1) is 15.3. The third-order valence-electron chi connectivity index (χ3n) is 3.32. The van der Waals surface area contributed by atoms with Gasteiger partial charge in [0.1, 0.15) is 5.01 Å². The van der Waals surface area contributed by atoms with Crippen LogP contribution in [0.1, 0.15) is 21.6 Å². The highest BCUT2D eigenvalue weighted by atomic mass is 32.1. The molecule has 0 saturated heterocycles. The lowest BCUT2D eigenvalue weighted by molar-refractivity contribution is 0.102. The fourth-order valence-electron chi connectivity index (χ4n) is 2.15. The van der Waals surface area contributed by atoms with Crippen LogP contribution in [0.3, 0.4) is 0 Å². The second-order valence-electron chi connectivity index (χ2n) is 5.02. The summed E-state index contributed by atoms with van der Waals surface area (Å²) in [7, 11) is 0. The second kappa shape index (κ2) is 6.68. The van der Waals surface area contributed by atoms with Crippen molar-refractivity contribution in [1.82, 2.24) is 9.97 Å². The summed E-state index contributed by atoms with van der Waals surface area (Å²) in [6.45, 7) is 1.78. The largest absolute Gasteiger partial charge is 0.392 e. The molecule has 0 saturated carbocycles. The Bertz CT molecular complexity index is 845. The van der Waals surface area contributed by atoms with E-state index in [1.807, 2.05) is 30.5 Å². The number of pyridine rings is 1. The van der Waals surface area contributed by atoms with Gasteiger partial charge in [-0.05, 0) is 25.1 Å². The van der Waals surface area contributed by atoms with Crippen LogP contribution in [0.4, 0.5) is 5.69 Å². The smallest absolute Gasteiger partial charge is 0.255 e. The van der Waals surface area contributed by atoms with Crippen LogP contribution in [0, 0.1) is 6.92 Å². The Hall–Kier alpha value is -2.57. The average Bonchev–Trinajstić information content (AvgIpc) is 3.02. The van der Waals surface area contributed by atoms with Crippen molar-refractivity contribution in [3.63, 3.8) is 0 Å². The van der Waals surface area contributed by atoms with Gasteiger partial charge in [0.25, 0.3) is 5.91 Å². The van der Waals surface area contributed by atoms with Crippen molar-refractivity contribution < 1.29 is 9.90 Å². The number of anilines is 1. The fourth-order valence-corrected chi connectivity index (χ4v) is 2.94. The number of thiazole rings is 1. The Morgan fingerprint density at radius 2 is 2.22 bits per heavy atom. The first-order valence-electron chi connectivity index (χ1n) is 7.05. The van der Waals surface area contributed by atoms with E-state index in [0.29, 0.717) is 16.8 Å². The minimum atomic E-state index is -0.247. The van der Waals surface area contributed by atoms with Gasteiger partial charge >= 0.3 is 0 Å². The second-order valence-corrected chi connectivity index (χ2v) is 5.88. The number of nitrogens with one attached hydrogen (secondary N) is 1. The van der Waals surface area contributed by atoms with Crippen molar-refractivity contribution in [3.8, 4) is 10.6 Å². The predicted molar refractivity (Wildman–Crippen MR) is 90.4 cm³/mol. The van der Waals surface area contributed by atoms with E-state index >= 15 is 0 Å². The Morgan fingerprint density at radius 3 is 2.96 bits per heavy atom. The van der Waals surface area contributed by atoms with Crippen molar-refractivity contribution in [2.45, 2.75) is 13.5 Å². The molecule has 2 aromatic heterocycles. The Labute approximate surface area is 137 Å². The third-order valence-corrected chi connectivity index (χ3v) is 4.33. The topological polar surface area (TPSA) is 75.1 Å². The Kier molecular flexibility index (Phi) is 4.45. The maximum absolute atomic E-state index is 12.4. The van der Waals surface area contributed by atoms with E-state index in [0.717, 1.165) is 16.3 Å². The summed E-state index contributed by atoms with van der Waals surface area (Å²) in [6, 6.07) is 8.98. The highest BCUT2D eigenvalue weighted by Crippen LogP contribution is 2.24. The molecular weight excluding hydrogens is 310 g/mol. The van der Waals surface area contributed by atoms with Crippen LogP contribution in [0.25, 0.3) is 10.6 Å². The number of carbonyl (C=O) groups excluding carboxylic acids is 1. The molecule has 0 bridgehead atoms. The molecule has 0 fully saturated rings. The molecule has 0 aliphatic rings. The summed E-state index contributed by atoms with van der Waals surface area (Å²) in [5, 5.41) is 15.0. The number of nitrogens with zero attached hydrogens (tertiary/aromatic N) is 2. The summed E-state index contributed by atoms with van der Waals surface area (Å²) in [4.78, 5) is 20.8. The van der Waals surface area contributed by atoms with Gasteiger partial charge in [-0.15, -0.1) is 11.3 Å². The van der Waals surface area contributed by atoms with Crippen LogP contribution in [0.5, 0.6) is 0 Å². The average molecular weight is 325 g/mol. The molecule has 3 rings (SSSR count). The summed E-state index contributed by atoms with van der Waals surface area (Å²) >= 11 is 1.55.